The fourth-order valence-electron chi connectivity index (χ4n) is 1.79. The second kappa shape index (κ2) is 5.66. The van der Waals surface area contributed by atoms with Crippen molar-refractivity contribution < 1.29 is 14.9 Å². The van der Waals surface area contributed by atoms with Gasteiger partial charge in [0.15, 0.2) is 0 Å². The van der Waals surface area contributed by atoms with Crippen molar-refractivity contribution in [1.29, 1.82) is 0 Å². The monoisotopic (exact) mass is 203 g/mol. The summed E-state index contributed by atoms with van der Waals surface area (Å²) in [5.41, 5.74) is 0. The number of rotatable bonds is 4. The summed E-state index contributed by atoms with van der Waals surface area (Å²) in [7, 11) is 1.91. The third-order valence-electron chi connectivity index (χ3n) is 2.76. The van der Waals surface area contributed by atoms with Gasteiger partial charge in [-0.25, -0.2) is 0 Å². The van der Waals surface area contributed by atoms with E-state index in [0.717, 1.165) is 19.4 Å². The van der Waals surface area contributed by atoms with Crippen LogP contribution in [0.2, 0.25) is 0 Å². The van der Waals surface area contributed by atoms with E-state index in [2.05, 4.69) is 5.32 Å². The molecule has 0 amide bonds. The number of aliphatic hydroxyl groups is 2. The Labute approximate surface area is 85.3 Å². The smallest absolute Gasteiger partial charge is 0.0840 e. The molecule has 84 valence electrons. The maximum absolute atomic E-state index is 9.65. The number of hydrogen-bond acceptors (Lipinski definition) is 4. The lowest BCUT2D eigenvalue weighted by Crippen LogP contribution is -2.46. The summed E-state index contributed by atoms with van der Waals surface area (Å²) in [4.78, 5) is 0. The number of hydrogen-bond donors (Lipinski definition) is 3. The van der Waals surface area contributed by atoms with Crippen LogP contribution >= 0.6 is 0 Å². The molecule has 0 aromatic heterocycles. The molecule has 3 N–H and O–H groups in total. The van der Waals surface area contributed by atoms with E-state index in [4.69, 9.17) is 4.74 Å². The third kappa shape index (κ3) is 3.20. The predicted octanol–water partition coefficient (Wildman–Crippen LogP) is -0.115. The zero-order valence-electron chi connectivity index (χ0n) is 8.94. The van der Waals surface area contributed by atoms with E-state index in [1.807, 2.05) is 14.0 Å². The van der Waals surface area contributed by atoms with E-state index >= 15 is 0 Å². The Morgan fingerprint density at radius 1 is 1.36 bits per heavy atom. The van der Waals surface area contributed by atoms with Crippen LogP contribution in [0.25, 0.3) is 0 Å². The first-order valence-corrected chi connectivity index (χ1v) is 5.31. The van der Waals surface area contributed by atoms with Crippen LogP contribution in [0.4, 0.5) is 0 Å². The molecule has 1 aliphatic heterocycles. The molecule has 1 fully saturated rings. The van der Waals surface area contributed by atoms with Gasteiger partial charge >= 0.3 is 0 Å². The Morgan fingerprint density at radius 2 is 2.07 bits per heavy atom. The largest absolute Gasteiger partial charge is 0.390 e. The van der Waals surface area contributed by atoms with Gasteiger partial charge in [0.05, 0.1) is 24.4 Å². The lowest BCUT2D eigenvalue weighted by atomic mass is 9.96. The van der Waals surface area contributed by atoms with Crippen LogP contribution in [0, 0.1) is 0 Å². The molecular formula is C10H21NO3. The molecular weight excluding hydrogens is 182 g/mol. The van der Waals surface area contributed by atoms with Gasteiger partial charge in [0.2, 0.25) is 0 Å². The highest BCUT2D eigenvalue weighted by Crippen LogP contribution is 2.22. The second-order valence-corrected chi connectivity index (χ2v) is 4.00. The molecule has 0 aromatic rings. The minimum Gasteiger partial charge on any atom is -0.390 e. The van der Waals surface area contributed by atoms with Crippen LogP contribution in [0.3, 0.4) is 0 Å². The van der Waals surface area contributed by atoms with Crippen molar-refractivity contribution in [2.75, 3.05) is 13.6 Å². The minimum atomic E-state index is -0.523. The summed E-state index contributed by atoms with van der Waals surface area (Å²) < 4.78 is 5.53. The predicted molar refractivity (Wildman–Crippen MR) is 54.1 cm³/mol. The maximum Gasteiger partial charge on any atom is 0.0840 e. The fourth-order valence-corrected chi connectivity index (χ4v) is 1.79. The summed E-state index contributed by atoms with van der Waals surface area (Å²) >= 11 is 0. The summed E-state index contributed by atoms with van der Waals surface area (Å²) in [5.74, 6) is 0. The first-order valence-electron chi connectivity index (χ1n) is 5.31. The van der Waals surface area contributed by atoms with Crippen LogP contribution in [0.1, 0.15) is 26.2 Å². The van der Waals surface area contributed by atoms with Crippen LogP contribution in [0.5, 0.6) is 0 Å². The quantitative estimate of drug-likeness (QED) is 0.558. The van der Waals surface area contributed by atoms with Crippen molar-refractivity contribution in [1.82, 2.24) is 5.32 Å². The summed E-state index contributed by atoms with van der Waals surface area (Å²) in [6.07, 6.45) is 0.967. The second-order valence-electron chi connectivity index (χ2n) is 4.00. The van der Waals surface area contributed by atoms with Crippen LogP contribution in [-0.4, -0.2) is 48.2 Å². The van der Waals surface area contributed by atoms with E-state index in [9.17, 15) is 10.2 Å². The van der Waals surface area contributed by atoms with Gasteiger partial charge in [-0.05, 0) is 33.4 Å². The number of ether oxygens (including phenoxy) is 1. The van der Waals surface area contributed by atoms with E-state index in [0.29, 0.717) is 6.42 Å². The van der Waals surface area contributed by atoms with Gasteiger partial charge in [0.1, 0.15) is 0 Å². The van der Waals surface area contributed by atoms with Gasteiger partial charge in [-0.15, -0.1) is 0 Å². The number of nitrogens with one attached hydrogen (secondary N) is 1. The summed E-state index contributed by atoms with van der Waals surface area (Å²) in [5, 5.41) is 22.1. The average Bonchev–Trinajstić information content (AvgIpc) is 2.14. The van der Waals surface area contributed by atoms with Gasteiger partial charge in [0.25, 0.3) is 0 Å². The molecule has 1 heterocycles. The Hall–Kier alpha value is -0.160. The highest BCUT2D eigenvalue weighted by molar-refractivity contribution is 4.82. The van der Waals surface area contributed by atoms with Gasteiger partial charge < -0.3 is 20.3 Å². The van der Waals surface area contributed by atoms with Gasteiger partial charge in [-0.3, -0.25) is 0 Å². The third-order valence-corrected chi connectivity index (χ3v) is 2.76. The molecule has 0 bridgehead atoms. The molecule has 14 heavy (non-hydrogen) atoms. The molecule has 0 unspecified atom stereocenters. The zero-order chi connectivity index (χ0) is 10.6. The summed E-state index contributed by atoms with van der Waals surface area (Å²) in [6, 6.07) is 0. The Kier molecular flexibility index (Phi) is 4.81. The highest BCUT2D eigenvalue weighted by Gasteiger charge is 2.33. The maximum atomic E-state index is 9.65. The Balaban J connectivity index is 2.29. The molecule has 0 radical (unpaired) electrons. The highest BCUT2D eigenvalue weighted by atomic mass is 16.5. The lowest BCUT2D eigenvalue weighted by Gasteiger charge is -2.35. The van der Waals surface area contributed by atoms with Gasteiger partial charge in [-0.2, -0.15) is 0 Å². The molecule has 0 spiro atoms. The van der Waals surface area contributed by atoms with E-state index in [-0.39, 0.29) is 12.2 Å². The molecule has 0 saturated carbocycles. The van der Waals surface area contributed by atoms with E-state index < -0.39 is 12.2 Å². The molecule has 0 aliphatic carbocycles. The Bertz CT molecular complexity index is 165. The average molecular weight is 203 g/mol. The van der Waals surface area contributed by atoms with Crippen LogP contribution in [-0.2, 0) is 4.74 Å². The molecule has 4 atom stereocenters. The molecule has 0 aromatic carbocycles. The SMILES string of the molecule is CNCCC[C@@H]1O[C@@H](C)[C@@H](O)C[C@@H]1O. The van der Waals surface area contributed by atoms with E-state index in [1.54, 1.807) is 0 Å². The van der Waals surface area contributed by atoms with Crippen LogP contribution in [0.15, 0.2) is 0 Å². The summed E-state index contributed by atoms with van der Waals surface area (Å²) in [6.45, 7) is 2.78. The van der Waals surface area contributed by atoms with Crippen molar-refractivity contribution in [3.63, 3.8) is 0 Å². The zero-order valence-corrected chi connectivity index (χ0v) is 8.94. The topological polar surface area (TPSA) is 61.7 Å². The van der Waals surface area contributed by atoms with Gasteiger partial charge in [-0.1, -0.05) is 0 Å². The molecule has 1 rings (SSSR count). The minimum absolute atomic E-state index is 0.109. The molecule has 1 saturated heterocycles. The first kappa shape index (κ1) is 11.9. The number of aliphatic hydroxyl groups excluding tert-OH is 2. The van der Waals surface area contributed by atoms with Crippen LogP contribution < -0.4 is 5.32 Å². The van der Waals surface area contributed by atoms with Gasteiger partial charge in [0, 0.05) is 6.42 Å². The van der Waals surface area contributed by atoms with Crippen molar-refractivity contribution in [3.05, 3.63) is 0 Å². The normalized spacial score (nSPS) is 38.6. The molecule has 4 nitrogen and oxygen atoms in total. The molecule has 1 aliphatic rings. The molecule has 4 heteroatoms. The lowest BCUT2D eigenvalue weighted by molar-refractivity contribution is -0.163. The van der Waals surface area contributed by atoms with Crippen molar-refractivity contribution in [2.45, 2.75) is 50.6 Å². The van der Waals surface area contributed by atoms with Crippen molar-refractivity contribution >= 4 is 0 Å². The Morgan fingerprint density at radius 3 is 2.71 bits per heavy atom. The van der Waals surface area contributed by atoms with E-state index in [1.165, 1.54) is 0 Å². The first-order chi connectivity index (χ1) is 6.65. The standard InChI is InChI=1S/C10H21NO3/c1-7-8(12)6-9(13)10(14-7)4-3-5-11-2/h7-13H,3-6H2,1-2H3/t7-,8-,9-,10-/m0/s1. The van der Waals surface area contributed by atoms with Crippen molar-refractivity contribution in [3.8, 4) is 0 Å². The van der Waals surface area contributed by atoms with Crippen molar-refractivity contribution in [2.24, 2.45) is 0 Å². The fraction of sp³-hybridized carbons (Fsp3) is 1.00.